The third-order valence-corrected chi connectivity index (χ3v) is 4.55. The topological polar surface area (TPSA) is 79.6 Å². The second kappa shape index (κ2) is 7.26. The van der Waals surface area contributed by atoms with E-state index in [2.05, 4.69) is 11.3 Å². The SMILES string of the molecule is C=CCNS(=O)(=O)c1cccc(C(=O)N(C)Cc2ccco2)c1. The van der Waals surface area contributed by atoms with E-state index in [1.807, 2.05) is 0 Å². The van der Waals surface area contributed by atoms with Crippen LogP contribution in [0.3, 0.4) is 0 Å². The monoisotopic (exact) mass is 334 g/mol. The van der Waals surface area contributed by atoms with Gasteiger partial charge in [0.25, 0.3) is 5.91 Å². The molecule has 1 heterocycles. The van der Waals surface area contributed by atoms with E-state index < -0.39 is 10.0 Å². The summed E-state index contributed by atoms with van der Waals surface area (Å²) in [5, 5.41) is 0. The van der Waals surface area contributed by atoms with Crippen LogP contribution in [-0.4, -0.2) is 32.8 Å². The van der Waals surface area contributed by atoms with Crippen LogP contribution in [0.4, 0.5) is 0 Å². The molecule has 0 aliphatic carbocycles. The summed E-state index contributed by atoms with van der Waals surface area (Å²) in [6.07, 6.45) is 2.98. The van der Waals surface area contributed by atoms with Gasteiger partial charge in [0.2, 0.25) is 10.0 Å². The molecule has 1 N–H and O–H groups in total. The zero-order valence-electron chi connectivity index (χ0n) is 12.7. The first-order valence-electron chi connectivity index (χ1n) is 6.92. The van der Waals surface area contributed by atoms with E-state index in [1.165, 1.54) is 35.4 Å². The van der Waals surface area contributed by atoms with Crippen molar-refractivity contribution in [2.45, 2.75) is 11.4 Å². The molecule has 0 fully saturated rings. The van der Waals surface area contributed by atoms with Gasteiger partial charge in [-0.3, -0.25) is 4.79 Å². The lowest BCUT2D eigenvalue weighted by Gasteiger charge is -2.16. The van der Waals surface area contributed by atoms with Crippen LogP contribution in [0.25, 0.3) is 0 Å². The standard InChI is InChI=1S/C16H18N2O4S/c1-3-9-17-23(20,21)15-8-4-6-13(11-15)16(19)18(2)12-14-7-5-10-22-14/h3-8,10-11,17H,1,9,12H2,2H3. The lowest BCUT2D eigenvalue weighted by Crippen LogP contribution is -2.27. The molecule has 1 amide bonds. The Morgan fingerprint density at radius 1 is 1.35 bits per heavy atom. The highest BCUT2D eigenvalue weighted by Crippen LogP contribution is 2.14. The van der Waals surface area contributed by atoms with Crippen LogP contribution in [0.1, 0.15) is 16.1 Å². The highest BCUT2D eigenvalue weighted by molar-refractivity contribution is 7.89. The molecule has 23 heavy (non-hydrogen) atoms. The summed E-state index contributed by atoms with van der Waals surface area (Å²) in [4.78, 5) is 13.9. The van der Waals surface area contributed by atoms with Crippen molar-refractivity contribution in [1.82, 2.24) is 9.62 Å². The predicted octanol–water partition coefficient (Wildman–Crippen LogP) is 2.02. The minimum absolute atomic E-state index is 0.0385. The molecular formula is C16H18N2O4S. The highest BCUT2D eigenvalue weighted by Gasteiger charge is 2.18. The summed E-state index contributed by atoms with van der Waals surface area (Å²) in [7, 11) is -2.04. The summed E-state index contributed by atoms with van der Waals surface area (Å²) in [5.74, 6) is 0.361. The molecule has 0 unspecified atom stereocenters. The molecule has 0 atom stereocenters. The van der Waals surface area contributed by atoms with Crippen molar-refractivity contribution in [1.29, 1.82) is 0 Å². The van der Waals surface area contributed by atoms with Crippen LogP contribution in [0.5, 0.6) is 0 Å². The predicted molar refractivity (Wildman–Crippen MR) is 86.3 cm³/mol. The number of benzene rings is 1. The Hall–Kier alpha value is -2.38. The summed E-state index contributed by atoms with van der Waals surface area (Å²) < 4.78 is 31.8. The number of amides is 1. The summed E-state index contributed by atoms with van der Waals surface area (Å²) in [6, 6.07) is 9.42. The molecule has 0 saturated heterocycles. The Labute approximate surface area is 135 Å². The molecule has 0 bridgehead atoms. The maximum Gasteiger partial charge on any atom is 0.254 e. The van der Waals surface area contributed by atoms with Crippen LogP contribution >= 0.6 is 0 Å². The minimum atomic E-state index is -3.66. The van der Waals surface area contributed by atoms with Crippen LogP contribution < -0.4 is 4.72 Å². The van der Waals surface area contributed by atoms with Crippen molar-refractivity contribution in [3.05, 3.63) is 66.6 Å². The number of nitrogens with one attached hydrogen (secondary N) is 1. The van der Waals surface area contributed by atoms with Crippen LogP contribution in [0.2, 0.25) is 0 Å². The van der Waals surface area contributed by atoms with E-state index in [0.29, 0.717) is 17.9 Å². The van der Waals surface area contributed by atoms with Crippen molar-refractivity contribution in [2.75, 3.05) is 13.6 Å². The molecule has 0 aliphatic heterocycles. The quantitative estimate of drug-likeness (QED) is 0.786. The number of hydrogen-bond donors (Lipinski definition) is 1. The molecule has 122 valence electrons. The van der Waals surface area contributed by atoms with Gasteiger partial charge in [0.1, 0.15) is 5.76 Å². The number of hydrogen-bond acceptors (Lipinski definition) is 4. The number of rotatable bonds is 7. The van der Waals surface area contributed by atoms with Gasteiger partial charge in [-0.05, 0) is 30.3 Å². The van der Waals surface area contributed by atoms with Gasteiger partial charge in [0.05, 0.1) is 17.7 Å². The number of carbonyl (C=O) groups excluding carboxylic acids is 1. The largest absolute Gasteiger partial charge is 0.467 e. The summed E-state index contributed by atoms with van der Waals surface area (Å²) >= 11 is 0. The van der Waals surface area contributed by atoms with Gasteiger partial charge < -0.3 is 9.32 Å². The highest BCUT2D eigenvalue weighted by atomic mass is 32.2. The molecule has 0 spiro atoms. The van der Waals surface area contributed by atoms with E-state index in [9.17, 15) is 13.2 Å². The van der Waals surface area contributed by atoms with Crippen molar-refractivity contribution in [3.63, 3.8) is 0 Å². The zero-order chi connectivity index (χ0) is 16.9. The van der Waals surface area contributed by atoms with Crippen molar-refractivity contribution < 1.29 is 17.6 Å². The average molecular weight is 334 g/mol. The Morgan fingerprint density at radius 3 is 2.78 bits per heavy atom. The Morgan fingerprint density at radius 2 is 2.13 bits per heavy atom. The average Bonchev–Trinajstić information content (AvgIpc) is 3.05. The number of nitrogens with zero attached hydrogens (tertiary/aromatic N) is 1. The lowest BCUT2D eigenvalue weighted by atomic mass is 10.2. The van der Waals surface area contributed by atoms with Crippen molar-refractivity contribution >= 4 is 15.9 Å². The lowest BCUT2D eigenvalue weighted by molar-refractivity contribution is 0.0775. The third kappa shape index (κ3) is 4.30. The smallest absolute Gasteiger partial charge is 0.254 e. The molecule has 0 radical (unpaired) electrons. The second-order valence-corrected chi connectivity index (χ2v) is 6.68. The van der Waals surface area contributed by atoms with Gasteiger partial charge >= 0.3 is 0 Å². The molecule has 0 aliphatic rings. The van der Waals surface area contributed by atoms with Gasteiger partial charge in [-0.25, -0.2) is 13.1 Å². The van der Waals surface area contributed by atoms with Gasteiger partial charge in [0.15, 0.2) is 0 Å². The Bertz CT molecular complexity index is 782. The molecule has 2 rings (SSSR count). The first-order valence-corrected chi connectivity index (χ1v) is 8.41. The summed E-state index contributed by atoms with van der Waals surface area (Å²) in [6.45, 7) is 3.89. The van der Waals surface area contributed by atoms with Crippen LogP contribution in [-0.2, 0) is 16.6 Å². The normalized spacial score (nSPS) is 11.2. The van der Waals surface area contributed by atoms with E-state index in [-0.39, 0.29) is 17.3 Å². The number of sulfonamides is 1. The second-order valence-electron chi connectivity index (χ2n) is 4.91. The first-order chi connectivity index (χ1) is 10.9. The zero-order valence-corrected chi connectivity index (χ0v) is 13.5. The molecule has 1 aromatic heterocycles. The van der Waals surface area contributed by atoms with E-state index in [1.54, 1.807) is 25.2 Å². The fraction of sp³-hybridized carbons (Fsp3) is 0.188. The van der Waals surface area contributed by atoms with Gasteiger partial charge in [0, 0.05) is 19.2 Å². The third-order valence-electron chi connectivity index (χ3n) is 3.13. The number of furan rings is 1. The Kier molecular flexibility index (Phi) is 5.36. The van der Waals surface area contributed by atoms with Crippen molar-refractivity contribution in [3.8, 4) is 0 Å². The van der Waals surface area contributed by atoms with E-state index in [0.717, 1.165) is 0 Å². The fourth-order valence-electron chi connectivity index (χ4n) is 1.98. The van der Waals surface area contributed by atoms with Crippen molar-refractivity contribution in [2.24, 2.45) is 0 Å². The Balaban J connectivity index is 2.18. The molecule has 7 heteroatoms. The maximum atomic E-state index is 12.4. The molecule has 2 aromatic rings. The van der Waals surface area contributed by atoms with E-state index in [4.69, 9.17) is 4.42 Å². The maximum absolute atomic E-state index is 12.4. The molecule has 6 nitrogen and oxygen atoms in total. The van der Waals surface area contributed by atoms with E-state index >= 15 is 0 Å². The number of carbonyl (C=O) groups is 1. The fourth-order valence-corrected chi connectivity index (χ4v) is 3.02. The van der Waals surface area contributed by atoms with Crippen LogP contribution in [0, 0.1) is 0 Å². The molecule has 1 aromatic carbocycles. The van der Waals surface area contributed by atoms with Gasteiger partial charge in [-0.1, -0.05) is 12.1 Å². The minimum Gasteiger partial charge on any atom is -0.467 e. The molecular weight excluding hydrogens is 316 g/mol. The van der Waals surface area contributed by atoms with Crippen LogP contribution in [0.15, 0.2) is 64.6 Å². The summed E-state index contributed by atoms with van der Waals surface area (Å²) in [5.41, 5.74) is 0.292. The van der Waals surface area contributed by atoms with Gasteiger partial charge in [-0.2, -0.15) is 0 Å². The van der Waals surface area contributed by atoms with Gasteiger partial charge in [-0.15, -0.1) is 6.58 Å². The first kappa shape index (κ1) is 17.0. The molecule has 0 saturated carbocycles.